The fourth-order valence-corrected chi connectivity index (χ4v) is 4.20. The molecule has 3 heteroatoms. The molecule has 3 saturated carbocycles. The molecule has 0 aliphatic heterocycles. The summed E-state index contributed by atoms with van der Waals surface area (Å²) in [6.45, 7) is 2.27. The smallest absolute Gasteiger partial charge is 0.308 e. The number of hydrogen-bond acceptors (Lipinski definition) is 2. The highest BCUT2D eigenvalue weighted by atomic mass is 16.4. The lowest BCUT2D eigenvalue weighted by Gasteiger charge is -2.39. The maximum atomic E-state index is 11.3. The van der Waals surface area contributed by atoms with Crippen molar-refractivity contribution in [2.45, 2.75) is 51.1 Å². The van der Waals surface area contributed by atoms with Gasteiger partial charge in [0.1, 0.15) is 0 Å². The molecule has 0 aromatic heterocycles. The van der Waals surface area contributed by atoms with E-state index in [1.807, 2.05) is 0 Å². The Labute approximate surface area is 96.6 Å². The average Bonchev–Trinajstić information content (AvgIpc) is 2.74. The molecule has 0 spiro atoms. The minimum absolute atomic E-state index is 0.102. The molecule has 16 heavy (non-hydrogen) atoms. The highest BCUT2D eigenvalue weighted by molar-refractivity contribution is 5.72. The third-order valence-electron chi connectivity index (χ3n) is 5.00. The van der Waals surface area contributed by atoms with Crippen molar-refractivity contribution in [1.82, 2.24) is 5.32 Å². The Morgan fingerprint density at radius 2 is 1.88 bits per heavy atom. The molecule has 0 aromatic carbocycles. The van der Waals surface area contributed by atoms with Crippen LogP contribution in [0.2, 0.25) is 0 Å². The third-order valence-corrected chi connectivity index (χ3v) is 5.00. The summed E-state index contributed by atoms with van der Waals surface area (Å²) in [6, 6.07) is 0.870. The van der Waals surface area contributed by atoms with Crippen LogP contribution >= 0.6 is 0 Å². The van der Waals surface area contributed by atoms with Gasteiger partial charge in [0, 0.05) is 12.1 Å². The average molecular weight is 223 g/mol. The zero-order valence-electron chi connectivity index (χ0n) is 9.86. The van der Waals surface area contributed by atoms with Gasteiger partial charge in [-0.3, -0.25) is 4.79 Å². The third kappa shape index (κ3) is 1.56. The monoisotopic (exact) mass is 223 g/mol. The van der Waals surface area contributed by atoms with Crippen molar-refractivity contribution in [2.24, 2.45) is 23.7 Å². The molecule has 0 amide bonds. The maximum Gasteiger partial charge on any atom is 0.308 e. The molecule has 0 aromatic rings. The molecule has 3 nitrogen and oxygen atoms in total. The Morgan fingerprint density at radius 3 is 2.50 bits per heavy atom. The molecule has 3 aliphatic rings. The number of nitrogens with one attached hydrogen (secondary N) is 1. The van der Waals surface area contributed by atoms with Gasteiger partial charge in [-0.25, -0.2) is 0 Å². The Morgan fingerprint density at radius 1 is 1.19 bits per heavy atom. The van der Waals surface area contributed by atoms with Gasteiger partial charge in [0.15, 0.2) is 0 Å². The number of carbonyl (C=O) groups is 1. The first-order valence-electron chi connectivity index (χ1n) is 6.64. The van der Waals surface area contributed by atoms with Gasteiger partial charge in [-0.2, -0.15) is 0 Å². The fourth-order valence-electron chi connectivity index (χ4n) is 4.20. The van der Waals surface area contributed by atoms with Crippen LogP contribution in [-0.2, 0) is 4.79 Å². The largest absolute Gasteiger partial charge is 0.481 e. The van der Waals surface area contributed by atoms with Crippen LogP contribution in [0.1, 0.15) is 39.0 Å². The summed E-state index contributed by atoms with van der Waals surface area (Å²) in [5.74, 6) is 1.26. The molecular weight excluding hydrogens is 202 g/mol. The Bertz CT molecular complexity index is 298. The van der Waals surface area contributed by atoms with Crippen LogP contribution in [0.5, 0.6) is 0 Å². The van der Waals surface area contributed by atoms with Crippen molar-refractivity contribution in [3.8, 4) is 0 Å². The van der Waals surface area contributed by atoms with Crippen molar-refractivity contribution in [3.63, 3.8) is 0 Å². The SMILES string of the molecule is CC1CC(NC2C3CCC(C3)C2C(=O)O)C1. The van der Waals surface area contributed by atoms with E-state index in [2.05, 4.69) is 12.2 Å². The van der Waals surface area contributed by atoms with Crippen LogP contribution in [0.4, 0.5) is 0 Å². The number of hydrogen-bond donors (Lipinski definition) is 2. The quantitative estimate of drug-likeness (QED) is 0.768. The zero-order chi connectivity index (χ0) is 11.3. The summed E-state index contributed by atoms with van der Waals surface area (Å²) in [5.41, 5.74) is 0. The number of carboxylic acids is 1. The van der Waals surface area contributed by atoms with E-state index in [0.29, 0.717) is 17.9 Å². The van der Waals surface area contributed by atoms with Crippen LogP contribution in [-0.4, -0.2) is 23.2 Å². The fraction of sp³-hybridized carbons (Fsp3) is 0.923. The molecule has 0 radical (unpaired) electrons. The van der Waals surface area contributed by atoms with Gasteiger partial charge in [0.25, 0.3) is 0 Å². The topological polar surface area (TPSA) is 49.3 Å². The summed E-state index contributed by atoms with van der Waals surface area (Å²) < 4.78 is 0. The normalized spacial score (nSPS) is 50.3. The van der Waals surface area contributed by atoms with Gasteiger partial charge in [-0.15, -0.1) is 0 Å². The molecule has 0 saturated heterocycles. The van der Waals surface area contributed by atoms with Crippen molar-refractivity contribution < 1.29 is 9.90 Å². The molecule has 3 fully saturated rings. The Hall–Kier alpha value is -0.570. The maximum absolute atomic E-state index is 11.3. The molecule has 2 N–H and O–H groups in total. The first kappa shape index (κ1) is 10.6. The first-order chi connectivity index (χ1) is 7.65. The van der Waals surface area contributed by atoms with E-state index in [0.717, 1.165) is 18.8 Å². The Balaban J connectivity index is 1.66. The number of rotatable bonds is 3. The minimum atomic E-state index is -0.572. The van der Waals surface area contributed by atoms with Gasteiger partial charge in [-0.1, -0.05) is 6.92 Å². The van der Waals surface area contributed by atoms with Crippen LogP contribution in [0.15, 0.2) is 0 Å². The second-order valence-corrected chi connectivity index (χ2v) is 6.16. The van der Waals surface area contributed by atoms with E-state index in [1.54, 1.807) is 0 Å². The van der Waals surface area contributed by atoms with Crippen LogP contribution < -0.4 is 5.32 Å². The summed E-state index contributed by atoms with van der Waals surface area (Å²) in [6.07, 6.45) is 6.01. The second kappa shape index (κ2) is 3.73. The Kier molecular flexibility index (Phi) is 2.46. The van der Waals surface area contributed by atoms with E-state index >= 15 is 0 Å². The van der Waals surface area contributed by atoms with Crippen LogP contribution in [0.3, 0.4) is 0 Å². The van der Waals surface area contributed by atoms with E-state index in [1.165, 1.54) is 19.3 Å². The predicted molar refractivity (Wildman–Crippen MR) is 61.1 cm³/mol. The van der Waals surface area contributed by atoms with E-state index in [-0.39, 0.29) is 12.0 Å². The zero-order valence-corrected chi connectivity index (χ0v) is 9.86. The van der Waals surface area contributed by atoms with Crippen LogP contribution in [0.25, 0.3) is 0 Å². The minimum Gasteiger partial charge on any atom is -0.481 e. The second-order valence-electron chi connectivity index (χ2n) is 6.16. The molecule has 3 rings (SSSR count). The lowest BCUT2D eigenvalue weighted by Crippen LogP contribution is -2.52. The number of carboxylic acid groups (broad SMARTS) is 1. The molecule has 2 bridgehead atoms. The first-order valence-corrected chi connectivity index (χ1v) is 6.64. The summed E-state index contributed by atoms with van der Waals surface area (Å²) in [4.78, 5) is 11.3. The van der Waals surface area contributed by atoms with E-state index in [9.17, 15) is 9.90 Å². The summed E-state index contributed by atoms with van der Waals surface area (Å²) >= 11 is 0. The molecule has 0 heterocycles. The standard InChI is InChI=1S/C13H21NO2/c1-7-4-10(5-7)14-12-9-3-2-8(6-9)11(12)13(15)16/h7-12,14H,2-6H2,1H3,(H,15,16). The van der Waals surface area contributed by atoms with Crippen LogP contribution in [0, 0.1) is 23.7 Å². The lowest BCUT2D eigenvalue weighted by molar-refractivity contribution is -0.144. The molecule has 4 atom stereocenters. The van der Waals surface area contributed by atoms with E-state index < -0.39 is 5.97 Å². The van der Waals surface area contributed by atoms with E-state index in [4.69, 9.17) is 0 Å². The van der Waals surface area contributed by atoms with Gasteiger partial charge < -0.3 is 10.4 Å². The molecule has 90 valence electrons. The molecule has 3 aliphatic carbocycles. The lowest BCUT2D eigenvalue weighted by atomic mass is 9.78. The summed E-state index contributed by atoms with van der Waals surface area (Å²) in [7, 11) is 0. The van der Waals surface area contributed by atoms with Gasteiger partial charge in [0.2, 0.25) is 0 Å². The molecular formula is C13H21NO2. The van der Waals surface area contributed by atoms with Crippen molar-refractivity contribution in [3.05, 3.63) is 0 Å². The number of aliphatic carboxylic acids is 1. The number of fused-ring (bicyclic) bond motifs is 2. The van der Waals surface area contributed by atoms with Gasteiger partial charge in [-0.05, 0) is 49.9 Å². The highest BCUT2D eigenvalue weighted by Crippen LogP contribution is 2.49. The van der Waals surface area contributed by atoms with Crippen molar-refractivity contribution in [1.29, 1.82) is 0 Å². The molecule has 4 unspecified atom stereocenters. The van der Waals surface area contributed by atoms with Gasteiger partial charge in [0.05, 0.1) is 5.92 Å². The highest BCUT2D eigenvalue weighted by Gasteiger charge is 2.51. The predicted octanol–water partition coefficient (Wildman–Crippen LogP) is 1.87. The summed E-state index contributed by atoms with van der Waals surface area (Å²) in [5, 5.41) is 12.9. The van der Waals surface area contributed by atoms with Crippen molar-refractivity contribution >= 4 is 5.97 Å². The van der Waals surface area contributed by atoms with Gasteiger partial charge >= 0.3 is 5.97 Å². The van der Waals surface area contributed by atoms with Crippen molar-refractivity contribution in [2.75, 3.05) is 0 Å².